The van der Waals surface area contributed by atoms with E-state index in [1.807, 2.05) is 24.3 Å². The third kappa shape index (κ3) is 6.64. The zero-order chi connectivity index (χ0) is 19.1. The Labute approximate surface area is 172 Å². The molecule has 1 aliphatic heterocycles. The van der Waals surface area contributed by atoms with E-state index < -0.39 is 6.61 Å². The second-order valence-corrected chi connectivity index (χ2v) is 7.05. The Bertz CT molecular complexity index is 729. The van der Waals surface area contributed by atoms with Crippen molar-refractivity contribution in [1.82, 2.24) is 4.90 Å². The van der Waals surface area contributed by atoms with Crippen molar-refractivity contribution in [1.29, 1.82) is 0 Å². The molecule has 3 rings (SSSR count). The lowest BCUT2D eigenvalue weighted by atomic mass is 10.0. The number of para-hydroxylation sites is 1. The first-order valence-electron chi connectivity index (χ1n) is 9.56. The molecular weight excluding hydrogens is 384 g/mol. The maximum atomic E-state index is 12.4. The van der Waals surface area contributed by atoms with Crippen LogP contribution in [0.5, 0.6) is 11.5 Å². The molecule has 1 saturated heterocycles. The highest BCUT2D eigenvalue weighted by atomic mass is 35.5. The van der Waals surface area contributed by atoms with Crippen LogP contribution in [0.1, 0.15) is 30.4 Å². The molecule has 6 heteroatoms. The monoisotopic (exact) mass is 411 g/mol. The Balaban J connectivity index is 0.00000280. The molecule has 0 bridgehead atoms. The van der Waals surface area contributed by atoms with Crippen LogP contribution < -0.4 is 9.47 Å². The summed E-state index contributed by atoms with van der Waals surface area (Å²) >= 11 is 0. The number of alkyl halides is 2. The highest BCUT2D eigenvalue weighted by Crippen LogP contribution is 2.23. The minimum absolute atomic E-state index is 0. The van der Waals surface area contributed by atoms with Gasteiger partial charge in [0.05, 0.1) is 6.61 Å². The smallest absolute Gasteiger partial charge is 0.387 e. The summed E-state index contributed by atoms with van der Waals surface area (Å²) in [6.45, 7) is -0.910. The molecular formula is C22H28ClF2NO2. The zero-order valence-electron chi connectivity index (χ0n) is 16.2. The van der Waals surface area contributed by atoms with Gasteiger partial charge in [-0.25, -0.2) is 0 Å². The highest BCUT2D eigenvalue weighted by molar-refractivity contribution is 5.85. The number of aryl methyl sites for hydroxylation is 2. The number of rotatable bonds is 9. The van der Waals surface area contributed by atoms with Crippen molar-refractivity contribution in [2.45, 2.75) is 44.8 Å². The Morgan fingerprint density at radius 1 is 1.11 bits per heavy atom. The van der Waals surface area contributed by atoms with Gasteiger partial charge < -0.3 is 14.4 Å². The second kappa shape index (κ2) is 11.2. The van der Waals surface area contributed by atoms with Crippen molar-refractivity contribution in [3.8, 4) is 11.5 Å². The molecule has 0 saturated carbocycles. The zero-order valence-corrected chi connectivity index (χ0v) is 17.0. The summed E-state index contributed by atoms with van der Waals surface area (Å²) in [6.07, 6.45) is 5.09. The van der Waals surface area contributed by atoms with E-state index in [1.165, 1.54) is 19.4 Å². The van der Waals surface area contributed by atoms with E-state index in [9.17, 15) is 8.78 Å². The topological polar surface area (TPSA) is 21.7 Å². The number of halogens is 3. The molecule has 3 nitrogen and oxygen atoms in total. The molecule has 2 aromatic carbocycles. The van der Waals surface area contributed by atoms with Crippen LogP contribution >= 0.6 is 12.4 Å². The molecule has 0 N–H and O–H groups in total. The van der Waals surface area contributed by atoms with Crippen molar-refractivity contribution in [2.75, 3.05) is 20.2 Å². The lowest BCUT2D eigenvalue weighted by Gasteiger charge is -2.20. The Kier molecular flexibility index (Phi) is 9.00. The summed E-state index contributed by atoms with van der Waals surface area (Å²) in [4.78, 5) is 2.41. The Morgan fingerprint density at radius 3 is 2.68 bits per heavy atom. The van der Waals surface area contributed by atoms with Gasteiger partial charge in [-0.3, -0.25) is 0 Å². The third-order valence-electron chi connectivity index (χ3n) is 5.16. The SMILES string of the molecule is CN1CCCC1CCOc1ccccc1CCc1cccc(OC(F)F)c1.Cl. The summed E-state index contributed by atoms with van der Waals surface area (Å²) in [5.74, 6) is 1.12. The summed E-state index contributed by atoms with van der Waals surface area (Å²) in [5, 5.41) is 0. The van der Waals surface area contributed by atoms with Gasteiger partial charge in [0.25, 0.3) is 0 Å². The molecule has 154 valence electrons. The molecule has 0 amide bonds. The van der Waals surface area contributed by atoms with Gasteiger partial charge in [-0.05, 0) is 75.0 Å². The molecule has 1 atom stereocenters. The number of nitrogens with zero attached hydrogens (tertiary/aromatic N) is 1. The summed E-state index contributed by atoms with van der Waals surface area (Å²) in [6, 6.07) is 15.6. The standard InChI is InChI=1S/C22H27F2NO2.ClH/c1-25-14-5-8-19(25)13-15-26-21-10-3-2-7-18(21)12-11-17-6-4-9-20(16-17)27-22(23)24;/h2-4,6-7,9-10,16,19,22H,5,8,11-15H2,1H3;1H. The van der Waals surface area contributed by atoms with E-state index in [0.717, 1.165) is 36.1 Å². The molecule has 28 heavy (non-hydrogen) atoms. The fourth-order valence-corrected chi connectivity index (χ4v) is 3.66. The predicted octanol–water partition coefficient (Wildman–Crippen LogP) is 5.36. The van der Waals surface area contributed by atoms with Gasteiger partial charge in [0.1, 0.15) is 11.5 Å². The second-order valence-electron chi connectivity index (χ2n) is 7.05. The minimum Gasteiger partial charge on any atom is -0.493 e. The van der Waals surface area contributed by atoms with Crippen molar-refractivity contribution in [2.24, 2.45) is 0 Å². The molecule has 0 aliphatic carbocycles. The van der Waals surface area contributed by atoms with E-state index >= 15 is 0 Å². The van der Waals surface area contributed by atoms with Gasteiger partial charge in [-0.2, -0.15) is 8.78 Å². The van der Waals surface area contributed by atoms with Gasteiger partial charge in [-0.1, -0.05) is 30.3 Å². The lowest BCUT2D eigenvalue weighted by molar-refractivity contribution is -0.0498. The fourth-order valence-electron chi connectivity index (χ4n) is 3.66. The summed E-state index contributed by atoms with van der Waals surface area (Å²) < 4.78 is 35.3. The summed E-state index contributed by atoms with van der Waals surface area (Å²) in [5.41, 5.74) is 2.10. The van der Waals surface area contributed by atoms with E-state index in [0.29, 0.717) is 12.6 Å². The first-order valence-corrected chi connectivity index (χ1v) is 9.56. The first-order chi connectivity index (χ1) is 13.1. The molecule has 1 heterocycles. The molecule has 0 spiro atoms. The first kappa shape index (κ1) is 22.4. The van der Waals surface area contributed by atoms with E-state index in [-0.39, 0.29) is 18.2 Å². The number of likely N-dealkylation sites (tertiary alicyclic amines) is 1. The number of hydrogen-bond acceptors (Lipinski definition) is 3. The predicted molar refractivity (Wildman–Crippen MR) is 110 cm³/mol. The van der Waals surface area contributed by atoms with Gasteiger partial charge in [0.15, 0.2) is 0 Å². The Morgan fingerprint density at radius 2 is 1.93 bits per heavy atom. The fraction of sp³-hybridized carbons (Fsp3) is 0.455. The van der Waals surface area contributed by atoms with Crippen LogP contribution in [-0.4, -0.2) is 37.8 Å². The van der Waals surface area contributed by atoms with Crippen LogP contribution in [0.25, 0.3) is 0 Å². The largest absolute Gasteiger partial charge is 0.493 e. The van der Waals surface area contributed by atoms with Crippen LogP contribution in [0, 0.1) is 0 Å². The Hall–Kier alpha value is -1.85. The molecule has 1 aliphatic rings. The van der Waals surface area contributed by atoms with Crippen LogP contribution in [0.3, 0.4) is 0 Å². The normalized spacial score (nSPS) is 16.8. The van der Waals surface area contributed by atoms with Crippen molar-refractivity contribution in [3.05, 3.63) is 59.7 Å². The van der Waals surface area contributed by atoms with Crippen LogP contribution in [0.4, 0.5) is 8.78 Å². The molecule has 2 aromatic rings. The quantitative estimate of drug-likeness (QED) is 0.554. The van der Waals surface area contributed by atoms with Gasteiger partial charge in [-0.15, -0.1) is 12.4 Å². The van der Waals surface area contributed by atoms with Gasteiger partial charge in [0, 0.05) is 6.04 Å². The average molecular weight is 412 g/mol. The molecule has 0 radical (unpaired) electrons. The van der Waals surface area contributed by atoms with Gasteiger partial charge >= 0.3 is 6.61 Å². The van der Waals surface area contributed by atoms with Crippen molar-refractivity contribution < 1.29 is 18.3 Å². The van der Waals surface area contributed by atoms with E-state index in [2.05, 4.69) is 22.8 Å². The van der Waals surface area contributed by atoms with E-state index in [1.54, 1.807) is 18.2 Å². The van der Waals surface area contributed by atoms with Crippen molar-refractivity contribution >= 4 is 12.4 Å². The maximum absolute atomic E-state index is 12.4. The molecule has 1 unspecified atom stereocenters. The number of benzene rings is 2. The number of ether oxygens (including phenoxy) is 2. The lowest BCUT2D eigenvalue weighted by Crippen LogP contribution is -2.26. The highest BCUT2D eigenvalue weighted by Gasteiger charge is 2.20. The van der Waals surface area contributed by atoms with Crippen LogP contribution in [-0.2, 0) is 12.8 Å². The van der Waals surface area contributed by atoms with Crippen molar-refractivity contribution in [3.63, 3.8) is 0 Å². The van der Waals surface area contributed by atoms with E-state index in [4.69, 9.17) is 4.74 Å². The average Bonchev–Trinajstić information content (AvgIpc) is 3.06. The third-order valence-corrected chi connectivity index (χ3v) is 5.16. The maximum Gasteiger partial charge on any atom is 0.387 e. The van der Waals surface area contributed by atoms with Crippen LogP contribution in [0.15, 0.2) is 48.5 Å². The molecule has 1 fully saturated rings. The van der Waals surface area contributed by atoms with Crippen LogP contribution in [0.2, 0.25) is 0 Å². The number of hydrogen-bond donors (Lipinski definition) is 0. The molecule has 0 aromatic heterocycles. The summed E-state index contributed by atoms with van der Waals surface area (Å²) in [7, 11) is 2.18. The van der Waals surface area contributed by atoms with Gasteiger partial charge in [0.2, 0.25) is 0 Å². The minimum atomic E-state index is -2.80.